The van der Waals surface area contributed by atoms with Gasteiger partial charge in [0.1, 0.15) is 0 Å². The Bertz CT molecular complexity index is 274. The summed E-state index contributed by atoms with van der Waals surface area (Å²) >= 11 is 0. The van der Waals surface area contributed by atoms with Gasteiger partial charge in [-0.2, -0.15) is 13.2 Å². The number of aliphatic imine (C=N–C) groups is 1. The van der Waals surface area contributed by atoms with E-state index in [9.17, 15) is 13.2 Å². The first-order valence-corrected chi connectivity index (χ1v) is 5.12. The van der Waals surface area contributed by atoms with Gasteiger partial charge in [0.25, 0.3) is 0 Å². The predicted molar refractivity (Wildman–Crippen MR) is 66.1 cm³/mol. The molecule has 7 heteroatoms. The van der Waals surface area contributed by atoms with Crippen LogP contribution in [-0.4, -0.2) is 31.8 Å². The van der Waals surface area contributed by atoms with Crippen molar-refractivity contribution < 1.29 is 13.2 Å². The average Bonchev–Trinajstić information content (AvgIpc) is 2.96. The molecule has 0 saturated heterocycles. The van der Waals surface area contributed by atoms with Crippen LogP contribution in [0.2, 0.25) is 0 Å². The Hall–Kier alpha value is -0.210. The van der Waals surface area contributed by atoms with E-state index in [1.54, 1.807) is 0 Å². The lowest BCUT2D eigenvalue weighted by Crippen LogP contribution is -2.45. The van der Waals surface area contributed by atoms with Crippen LogP contribution in [0.1, 0.15) is 19.3 Å². The summed E-state index contributed by atoms with van der Waals surface area (Å²) in [6, 6.07) is 0. The molecule has 0 aromatic carbocycles. The lowest BCUT2D eigenvalue weighted by Gasteiger charge is -2.22. The highest BCUT2D eigenvalue weighted by atomic mass is 127. The number of nitrogens with one attached hydrogen (secondary N) is 2. The molecule has 0 aromatic rings. The van der Waals surface area contributed by atoms with Crippen LogP contribution in [0.3, 0.4) is 0 Å². The summed E-state index contributed by atoms with van der Waals surface area (Å²) in [7, 11) is 0. The topological polar surface area (TPSA) is 36.4 Å². The molecule has 94 valence electrons. The molecular formula is C9H15F3IN3. The lowest BCUT2D eigenvalue weighted by atomic mass is 10.1. The fraction of sp³-hybridized carbons (Fsp3) is 0.889. The molecule has 1 aliphatic carbocycles. The molecule has 1 heterocycles. The molecule has 2 aliphatic rings. The second-order valence-electron chi connectivity index (χ2n) is 4.14. The maximum Gasteiger partial charge on any atom is 0.396 e. The monoisotopic (exact) mass is 349 g/mol. The molecule has 0 bridgehead atoms. The largest absolute Gasteiger partial charge is 0.396 e. The highest BCUT2D eigenvalue weighted by Gasteiger charge is 2.62. The van der Waals surface area contributed by atoms with Crippen LogP contribution >= 0.6 is 24.0 Å². The Morgan fingerprint density at radius 2 is 2.06 bits per heavy atom. The molecule has 2 N–H and O–H groups in total. The average molecular weight is 349 g/mol. The van der Waals surface area contributed by atoms with Crippen LogP contribution in [0.25, 0.3) is 0 Å². The number of hydrogen-bond donors (Lipinski definition) is 2. The zero-order chi connectivity index (χ0) is 10.9. The van der Waals surface area contributed by atoms with Gasteiger partial charge in [-0.1, -0.05) is 0 Å². The van der Waals surface area contributed by atoms with Crippen LogP contribution in [0.5, 0.6) is 0 Å². The minimum absolute atomic E-state index is 0. The molecule has 1 saturated carbocycles. The molecule has 1 aliphatic heterocycles. The summed E-state index contributed by atoms with van der Waals surface area (Å²) in [5.74, 6) is 0.511. The van der Waals surface area contributed by atoms with E-state index in [0.29, 0.717) is 12.5 Å². The van der Waals surface area contributed by atoms with Gasteiger partial charge in [-0.3, -0.25) is 4.99 Å². The molecule has 3 nitrogen and oxygen atoms in total. The number of alkyl halides is 3. The highest BCUT2D eigenvalue weighted by molar-refractivity contribution is 14.0. The van der Waals surface area contributed by atoms with E-state index in [0.717, 1.165) is 13.0 Å². The molecule has 1 fully saturated rings. The molecule has 0 unspecified atom stereocenters. The second-order valence-corrected chi connectivity index (χ2v) is 4.14. The van der Waals surface area contributed by atoms with Crippen molar-refractivity contribution in [2.45, 2.75) is 25.4 Å². The first-order chi connectivity index (χ1) is 7.04. The molecular weight excluding hydrogens is 334 g/mol. The van der Waals surface area contributed by atoms with E-state index in [1.807, 2.05) is 0 Å². The maximum atomic E-state index is 12.5. The minimum Gasteiger partial charge on any atom is -0.356 e. The van der Waals surface area contributed by atoms with Gasteiger partial charge in [0.05, 0.1) is 5.41 Å². The molecule has 16 heavy (non-hydrogen) atoms. The number of halogens is 4. The van der Waals surface area contributed by atoms with Gasteiger partial charge in [-0.05, 0) is 19.3 Å². The first-order valence-electron chi connectivity index (χ1n) is 5.12. The van der Waals surface area contributed by atoms with Gasteiger partial charge in [-0.15, -0.1) is 24.0 Å². The normalized spacial score (nSPS) is 22.6. The van der Waals surface area contributed by atoms with E-state index in [1.165, 1.54) is 0 Å². The van der Waals surface area contributed by atoms with Crippen molar-refractivity contribution in [3.8, 4) is 0 Å². The predicted octanol–water partition coefficient (Wildman–Crippen LogP) is 1.89. The zero-order valence-corrected chi connectivity index (χ0v) is 11.1. The van der Waals surface area contributed by atoms with Crippen molar-refractivity contribution in [3.63, 3.8) is 0 Å². The van der Waals surface area contributed by atoms with E-state index in [2.05, 4.69) is 15.6 Å². The van der Waals surface area contributed by atoms with Crippen LogP contribution in [-0.2, 0) is 0 Å². The minimum atomic E-state index is -4.09. The number of hydrogen-bond acceptors (Lipinski definition) is 3. The van der Waals surface area contributed by atoms with Crippen molar-refractivity contribution in [2.75, 3.05) is 19.6 Å². The van der Waals surface area contributed by atoms with Gasteiger partial charge in [0.2, 0.25) is 0 Å². The summed E-state index contributed by atoms with van der Waals surface area (Å²) in [6.07, 6.45) is -2.68. The third kappa shape index (κ3) is 2.92. The molecule has 0 amide bonds. The number of rotatable bonds is 2. The van der Waals surface area contributed by atoms with Crippen LogP contribution in [0.15, 0.2) is 4.99 Å². The Balaban J connectivity index is 0.00000128. The summed E-state index contributed by atoms with van der Waals surface area (Å²) < 4.78 is 37.6. The van der Waals surface area contributed by atoms with Gasteiger partial charge >= 0.3 is 6.18 Å². The van der Waals surface area contributed by atoms with E-state index >= 15 is 0 Å². The fourth-order valence-electron chi connectivity index (χ4n) is 1.62. The molecule has 0 spiro atoms. The Morgan fingerprint density at radius 1 is 1.38 bits per heavy atom. The van der Waals surface area contributed by atoms with Crippen LogP contribution in [0.4, 0.5) is 13.2 Å². The summed E-state index contributed by atoms with van der Waals surface area (Å²) in [5.41, 5.74) is -1.49. The van der Waals surface area contributed by atoms with Crippen molar-refractivity contribution in [1.29, 1.82) is 0 Å². The van der Waals surface area contributed by atoms with Gasteiger partial charge in [0.15, 0.2) is 5.96 Å². The Kier molecular flexibility index (Phi) is 4.30. The smallest absolute Gasteiger partial charge is 0.356 e. The SMILES string of the molecule is FC(F)(F)C1(CNC2=NCCCN2)CC1.I. The third-order valence-corrected chi connectivity index (χ3v) is 2.95. The zero-order valence-electron chi connectivity index (χ0n) is 8.73. The standard InChI is InChI=1S/C9H14F3N3.HI/c10-9(11,12)8(2-3-8)6-15-7-13-4-1-5-14-7;/h1-6H2,(H2,13,14,15);1H. The van der Waals surface area contributed by atoms with E-state index < -0.39 is 11.6 Å². The van der Waals surface area contributed by atoms with E-state index in [-0.39, 0.29) is 43.4 Å². The highest BCUT2D eigenvalue weighted by Crippen LogP contribution is 2.56. The van der Waals surface area contributed by atoms with Gasteiger partial charge in [0, 0.05) is 19.6 Å². The summed E-state index contributed by atoms with van der Waals surface area (Å²) in [4.78, 5) is 4.07. The molecule has 0 radical (unpaired) electrons. The molecule has 0 aromatic heterocycles. The van der Waals surface area contributed by atoms with E-state index in [4.69, 9.17) is 0 Å². The third-order valence-electron chi connectivity index (χ3n) is 2.95. The quantitative estimate of drug-likeness (QED) is 0.747. The van der Waals surface area contributed by atoms with Crippen LogP contribution < -0.4 is 10.6 Å². The van der Waals surface area contributed by atoms with Crippen molar-refractivity contribution in [1.82, 2.24) is 10.6 Å². The number of guanidine groups is 1. The summed E-state index contributed by atoms with van der Waals surface area (Å²) in [5, 5.41) is 5.69. The fourth-order valence-corrected chi connectivity index (χ4v) is 1.62. The van der Waals surface area contributed by atoms with Crippen molar-refractivity contribution in [3.05, 3.63) is 0 Å². The maximum absolute atomic E-state index is 12.5. The second kappa shape index (κ2) is 4.97. The van der Waals surface area contributed by atoms with Crippen molar-refractivity contribution >= 4 is 29.9 Å². The molecule has 0 atom stereocenters. The number of nitrogens with zero attached hydrogens (tertiary/aromatic N) is 1. The Morgan fingerprint density at radius 3 is 2.50 bits per heavy atom. The Labute approximate surface area is 109 Å². The van der Waals surface area contributed by atoms with Crippen LogP contribution in [0, 0.1) is 5.41 Å². The molecule has 2 rings (SSSR count). The first kappa shape index (κ1) is 13.9. The van der Waals surface area contributed by atoms with Gasteiger partial charge < -0.3 is 10.6 Å². The van der Waals surface area contributed by atoms with Crippen molar-refractivity contribution in [2.24, 2.45) is 10.4 Å². The lowest BCUT2D eigenvalue weighted by molar-refractivity contribution is -0.184. The summed E-state index contributed by atoms with van der Waals surface area (Å²) in [6.45, 7) is 1.42. The van der Waals surface area contributed by atoms with Gasteiger partial charge in [-0.25, -0.2) is 0 Å².